The molecule has 12 heavy (non-hydrogen) atoms. The first-order valence-electron chi connectivity index (χ1n) is 3.26. The predicted octanol–water partition coefficient (Wildman–Crippen LogP) is 2.61. The molecule has 66 valence electrons. The molecule has 0 saturated carbocycles. The van der Waals surface area contributed by atoms with Crippen molar-refractivity contribution in [2.75, 3.05) is 14.2 Å². The van der Waals surface area contributed by atoms with Crippen LogP contribution < -0.4 is 9.47 Å². The number of rotatable bonds is 2. The van der Waals surface area contributed by atoms with Crippen LogP contribution in [0.15, 0.2) is 16.6 Å². The van der Waals surface area contributed by atoms with Crippen molar-refractivity contribution in [3.8, 4) is 11.5 Å². The monoisotopic (exact) mass is 234 g/mol. The Morgan fingerprint density at radius 3 is 2.17 bits per heavy atom. The zero-order chi connectivity index (χ0) is 9.14. The third-order valence-electron chi connectivity index (χ3n) is 1.42. The molecule has 0 aliphatic rings. The first kappa shape index (κ1) is 9.32. The summed E-state index contributed by atoms with van der Waals surface area (Å²) in [7, 11) is 2.86. The van der Waals surface area contributed by atoms with Crippen LogP contribution in [0.1, 0.15) is 0 Å². The number of hydrogen-bond donors (Lipinski definition) is 0. The van der Waals surface area contributed by atoms with E-state index in [1.807, 2.05) is 0 Å². The Labute approximate surface area is 78.4 Å². The quantitative estimate of drug-likeness (QED) is 0.784. The Morgan fingerprint density at radius 2 is 1.75 bits per heavy atom. The zero-order valence-electron chi connectivity index (χ0n) is 6.73. The Balaban J connectivity index is 3.28. The van der Waals surface area contributed by atoms with Gasteiger partial charge in [0.25, 0.3) is 0 Å². The second kappa shape index (κ2) is 3.76. The van der Waals surface area contributed by atoms with Crippen molar-refractivity contribution < 1.29 is 13.9 Å². The van der Waals surface area contributed by atoms with E-state index in [2.05, 4.69) is 15.9 Å². The highest BCUT2D eigenvalue weighted by atomic mass is 79.9. The first-order chi connectivity index (χ1) is 5.70. The molecule has 0 radical (unpaired) electrons. The molecule has 1 aromatic rings. The topological polar surface area (TPSA) is 18.5 Å². The van der Waals surface area contributed by atoms with E-state index >= 15 is 0 Å². The van der Waals surface area contributed by atoms with Crippen LogP contribution in [0.2, 0.25) is 0 Å². The summed E-state index contributed by atoms with van der Waals surface area (Å²) in [5, 5.41) is 0. The molecule has 0 atom stereocenters. The van der Waals surface area contributed by atoms with Gasteiger partial charge in [-0.1, -0.05) is 0 Å². The molecule has 2 nitrogen and oxygen atoms in total. The number of halogens is 2. The molecule has 0 aromatic heterocycles. The van der Waals surface area contributed by atoms with Crippen LogP contribution >= 0.6 is 15.9 Å². The molecular weight excluding hydrogens is 227 g/mol. The van der Waals surface area contributed by atoms with Crippen LogP contribution in [0, 0.1) is 5.82 Å². The number of ether oxygens (including phenoxy) is 2. The van der Waals surface area contributed by atoms with Gasteiger partial charge in [0.05, 0.1) is 18.7 Å². The number of methoxy groups -OCH3 is 2. The largest absolute Gasteiger partial charge is 0.492 e. The molecule has 0 bridgehead atoms. The smallest absolute Gasteiger partial charge is 0.197 e. The van der Waals surface area contributed by atoms with Crippen LogP contribution in [0.3, 0.4) is 0 Å². The summed E-state index contributed by atoms with van der Waals surface area (Å²) in [4.78, 5) is 0. The number of benzene rings is 1. The minimum Gasteiger partial charge on any atom is -0.492 e. The lowest BCUT2D eigenvalue weighted by Gasteiger charge is -2.09. The molecule has 0 fully saturated rings. The van der Waals surface area contributed by atoms with E-state index in [0.29, 0.717) is 10.2 Å². The second-order valence-electron chi connectivity index (χ2n) is 2.10. The van der Waals surface area contributed by atoms with Gasteiger partial charge in [-0.3, -0.25) is 0 Å². The average molecular weight is 235 g/mol. The Morgan fingerprint density at radius 1 is 1.17 bits per heavy atom. The normalized spacial score (nSPS) is 9.67. The highest BCUT2D eigenvalue weighted by Gasteiger charge is 2.12. The maximum absolute atomic E-state index is 13.0. The van der Waals surface area contributed by atoms with E-state index in [1.54, 1.807) is 6.07 Å². The Bertz CT molecular complexity index is 260. The average Bonchev–Trinajstić information content (AvgIpc) is 2.08. The van der Waals surface area contributed by atoms with E-state index < -0.39 is 5.82 Å². The van der Waals surface area contributed by atoms with Gasteiger partial charge < -0.3 is 9.47 Å². The van der Waals surface area contributed by atoms with Crippen LogP contribution in [-0.4, -0.2) is 14.2 Å². The lowest BCUT2D eigenvalue weighted by molar-refractivity contribution is 0.336. The molecule has 4 heteroatoms. The van der Waals surface area contributed by atoms with Crippen LogP contribution in [0.25, 0.3) is 0 Å². The Hall–Kier alpha value is -0.770. The van der Waals surface area contributed by atoms with Crippen molar-refractivity contribution in [2.45, 2.75) is 0 Å². The van der Waals surface area contributed by atoms with Gasteiger partial charge in [-0.15, -0.1) is 0 Å². The van der Waals surface area contributed by atoms with Crippen molar-refractivity contribution in [1.29, 1.82) is 0 Å². The molecule has 0 N–H and O–H groups in total. The van der Waals surface area contributed by atoms with Gasteiger partial charge >= 0.3 is 0 Å². The van der Waals surface area contributed by atoms with E-state index in [9.17, 15) is 4.39 Å². The molecule has 0 aliphatic heterocycles. The zero-order valence-corrected chi connectivity index (χ0v) is 8.31. The van der Waals surface area contributed by atoms with Gasteiger partial charge in [0.15, 0.2) is 17.3 Å². The summed E-state index contributed by atoms with van der Waals surface area (Å²) >= 11 is 3.21. The maximum atomic E-state index is 13.0. The lowest BCUT2D eigenvalue weighted by atomic mass is 10.3. The van der Waals surface area contributed by atoms with Crippen molar-refractivity contribution in [3.63, 3.8) is 0 Å². The lowest BCUT2D eigenvalue weighted by Crippen LogP contribution is -1.94. The highest BCUT2D eigenvalue weighted by Crippen LogP contribution is 2.36. The third-order valence-corrected chi connectivity index (χ3v) is 2.05. The van der Waals surface area contributed by atoms with Gasteiger partial charge in [0.2, 0.25) is 0 Å². The summed E-state index contributed by atoms with van der Waals surface area (Å²) in [5.74, 6) is 0.0573. The fourth-order valence-corrected chi connectivity index (χ4v) is 1.37. The van der Waals surface area contributed by atoms with Crippen molar-refractivity contribution in [1.82, 2.24) is 0 Å². The van der Waals surface area contributed by atoms with Gasteiger partial charge in [0.1, 0.15) is 0 Å². The summed E-state index contributed by atoms with van der Waals surface area (Å²) in [6, 6.07) is 2.88. The minimum atomic E-state index is -0.433. The molecule has 0 aliphatic carbocycles. The fraction of sp³-hybridized carbons (Fsp3) is 0.250. The van der Waals surface area contributed by atoms with Crippen molar-refractivity contribution >= 4 is 15.9 Å². The van der Waals surface area contributed by atoms with Gasteiger partial charge in [-0.2, -0.15) is 0 Å². The molecule has 0 amide bonds. The summed E-state index contributed by atoms with van der Waals surface area (Å²) in [6.07, 6.45) is 0. The van der Waals surface area contributed by atoms with Gasteiger partial charge in [0, 0.05) is 0 Å². The van der Waals surface area contributed by atoms with E-state index in [-0.39, 0.29) is 5.75 Å². The maximum Gasteiger partial charge on any atom is 0.197 e. The third kappa shape index (κ3) is 1.53. The molecular formula is C8H8BrFO2. The molecule has 0 heterocycles. The molecule has 1 rings (SSSR count). The molecule has 0 unspecified atom stereocenters. The SMILES string of the molecule is COc1c(F)ccc(Br)c1OC. The fourth-order valence-electron chi connectivity index (χ4n) is 0.895. The van der Waals surface area contributed by atoms with E-state index in [0.717, 1.165) is 0 Å². The standard InChI is InChI=1S/C8H8BrFO2/c1-11-7-5(9)3-4-6(10)8(7)12-2/h3-4H,1-2H3. The first-order valence-corrected chi connectivity index (χ1v) is 4.06. The second-order valence-corrected chi connectivity index (χ2v) is 2.95. The van der Waals surface area contributed by atoms with Crippen molar-refractivity contribution in [2.24, 2.45) is 0 Å². The summed E-state index contributed by atoms with van der Waals surface area (Å²) in [5.41, 5.74) is 0. The minimum absolute atomic E-state index is 0.117. The predicted molar refractivity (Wildman–Crippen MR) is 47.2 cm³/mol. The van der Waals surface area contributed by atoms with E-state index in [1.165, 1.54) is 20.3 Å². The molecule has 1 aromatic carbocycles. The van der Waals surface area contributed by atoms with Crippen LogP contribution in [0.5, 0.6) is 11.5 Å². The molecule has 0 spiro atoms. The Kier molecular flexibility index (Phi) is 2.92. The summed E-state index contributed by atoms with van der Waals surface area (Å²) < 4.78 is 23.4. The molecule has 0 saturated heterocycles. The van der Waals surface area contributed by atoms with Gasteiger partial charge in [-0.05, 0) is 28.1 Å². The van der Waals surface area contributed by atoms with E-state index in [4.69, 9.17) is 9.47 Å². The van der Waals surface area contributed by atoms with Crippen LogP contribution in [-0.2, 0) is 0 Å². The number of hydrogen-bond acceptors (Lipinski definition) is 2. The highest BCUT2D eigenvalue weighted by molar-refractivity contribution is 9.10. The van der Waals surface area contributed by atoms with Gasteiger partial charge in [-0.25, -0.2) is 4.39 Å². The van der Waals surface area contributed by atoms with Crippen LogP contribution in [0.4, 0.5) is 4.39 Å². The summed E-state index contributed by atoms with van der Waals surface area (Å²) in [6.45, 7) is 0. The van der Waals surface area contributed by atoms with Crippen molar-refractivity contribution in [3.05, 3.63) is 22.4 Å².